The maximum absolute atomic E-state index is 13.0. The fraction of sp³-hybridized carbons (Fsp3) is 0.435. The van der Waals surface area contributed by atoms with Gasteiger partial charge < -0.3 is 4.57 Å². The van der Waals surface area contributed by atoms with Gasteiger partial charge in [0.1, 0.15) is 0 Å². The summed E-state index contributed by atoms with van der Waals surface area (Å²) < 4.78 is 3.00. The van der Waals surface area contributed by atoms with Gasteiger partial charge in [-0.2, -0.15) is 0 Å². The summed E-state index contributed by atoms with van der Waals surface area (Å²) in [5, 5.41) is 0.454. The predicted octanol–water partition coefficient (Wildman–Crippen LogP) is 3.43. The van der Waals surface area contributed by atoms with Gasteiger partial charge in [-0.05, 0) is 44.2 Å². The number of rotatable bonds is 3. The Labute approximate surface area is 179 Å². The summed E-state index contributed by atoms with van der Waals surface area (Å²) in [6, 6.07) is 11.2. The third kappa shape index (κ3) is 3.19. The van der Waals surface area contributed by atoms with Crippen LogP contribution >= 0.6 is 11.6 Å². The molecule has 0 radical (unpaired) electrons. The van der Waals surface area contributed by atoms with E-state index in [-0.39, 0.29) is 6.04 Å². The smallest absolute Gasteiger partial charge is 0.304 e. The Morgan fingerprint density at radius 3 is 2.37 bits per heavy atom. The van der Waals surface area contributed by atoms with Crippen molar-refractivity contribution < 1.29 is 0 Å². The van der Waals surface area contributed by atoms with Crippen molar-refractivity contribution in [2.75, 3.05) is 0 Å². The molecule has 2 aliphatic rings. The van der Waals surface area contributed by atoms with Crippen LogP contribution in [0, 0.1) is 6.92 Å². The van der Waals surface area contributed by atoms with Crippen LogP contribution in [-0.4, -0.2) is 31.1 Å². The van der Waals surface area contributed by atoms with Gasteiger partial charge in [0.2, 0.25) is 0 Å². The number of aryl methyl sites for hydroxylation is 2. The maximum atomic E-state index is 13.0. The molecule has 30 heavy (non-hydrogen) atoms. The first-order valence-electron chi connectivity index (χ1n) is 10.5. The summed E-state index contributed by atoms with van der Waals surface area (Å²) in [5.41, 5.74) is 2.72. The molecule has 1 aromatic carbocycles. The summed E-state index contributed by atoms with van der Waals surface area (Å²) in [7, 11) is 1.60. The summed E-state index contributed by atoms with van der Waals surface area (Å²) >= 11 is 6.11. The second kappa shape index (κ2) is 7.36. The molecule has 2 saturated heterocycles. The molecular formula is C23H25ClN4O2. The Morgan fingerprint density at radius 1 is 1.03 bits per heavy atom. The molecule has 0 aliphatic carbocycles. The van der Waals surface area contributed by atoms with Gasteiger partial charge in [0, 0.05) is 37.9 Å². The van der Waals surface area contributed by atoms with Crippen LogP contribution in [0.1, 0.15) is 42.9 Å². The van der Waals surface area contributed by atoms with Crippen molar-refractivity contribution in [2.45, 2.75) is 57.3 Å². The molecule has 0 spiro atoms. The van der Waals surface area contributed by atoms with Gasteiger partial charge in [-0.25, -0.2) is 4.98 Å². The summed E-state index contributed by atoms with van der Waals surface area (Å²) in [6.07, 6.45) is 5.52. The van der Waals surface area contributed by atoms with Crippen LogP contribution in [0.25, 0.3) is 11.2 Å². The van der Waals surface area contributed by atoms with Crippen LogP contribution in [0.2, 0.25) is 5.02 Å². The van der Waals surface area contributed by atoms with Gasteiger partial charge in [0.05, 0.1) is 10.5 Å². The first-order chi connectivity index (χ1) is 14.4. The third-order valence-electron chi connectivity index (χ3n) is 6.82. The average Bonchev–Trinajstić information content (AvgIpc) is 2.95. The van der Waals surface area contributed by atoms with E-state index in [4.69, 9.17) is 11.6 Å². The lowest BCUT2D eigenvalue weighted by atomic mass is 9.96. The van der Waals surface area contributed by atoms with Gasteiger partial charge in [-0.3, -0.25) is 19.1 Å². The second-order valence-corrected chi connectivity index (χ2v) is 9.14. The molecule has 0 amide bonds. The fourth-order valence-electron chi connectivity index (χ4n) is 5.26. The van der Waals surface area contributed by atoms with E-state index in [0.29, 0.717) is 28.3 Å². The zero-order valence-corrected chi connectivity index (χ0v) is 18.0. The Morgan fingerprint density at radius 2 is 1.70 bits per heavy atom. The summed E-state index contributed by atoms with van der Waals surface area (Å²) in [5.74, 6) is 0. The zero-order valence-electron chi connectivity index (χ0n) is 17.2. The van der Waals surface area contributed by atoms with E-state index < -0.39 is 11.1 Å². The molecule has 2 aromatic heterocycles. The zero-order chi connectivity index (χ0) is 21.0. The largest absolute Gasteiger partial charge is 0.318 e. The molecule has 5 rings (SSSR count). The molecule has 3 aromatic rings. The van der Waals surface area contributed by atoms with Crippen LogP contribution in [-0.2, 0) is 13.6 Å². The number of fused-ring (bicyclic) bond motifs is 3. The molecule has 4 heterocycles. The van der Waals surface area contributed by atoms with Crippen molar-refractivity contribution in [3.8, 4) is 0 Å². The molecule has 0 N–H and O–H groups in total. The van der Waals surface area contributed by atoms with E-state index in [9.17, 15) is 9.59 Å². The average molecular weight is 425 g/mol. The van der Waals surface area contributed by atoms with Crippen LogP contribution in [0.15, 0.2) is 46.1 Å². The number of benzene rings is 1. The summed E-state index contributed by atoms with van der Waals surface area (Å²) in [6.45, 7) is 3.04. The lowest BCUT2D eigenvalue weighted by Gasteiger charge is -2.39. The fourth-order valence-corrected chi connectivity index (χ4v) is 5.42. The number of halogens is 1. The Balaban J connectivity index is 1.49. The van der Waals surface area contributed by atoms with Gasteiger partial charge in [-0.15, -0.1) is 0 Å². The lowest BCUT2D eigenvalue weighted by molar-refractivity contribution is 0.0992. The van der Waals surface area contributed by atoms with Crippen LogP contribution in [0.3, 0.4) is 0 Å². The first kappa shape index (κ1) is 19.5. The number of hydrogen-bond acceptors (Lipinski definition) is 4. The molecule has 7 heteroatoms. The third-order valence-corrected chi connectivity index (χ3v) is 7.03. The Bertz CT molecular complexity index is 1220. The van der Waals surface area contributed by atoms with Crippen LogP contribution < -0.4 is 11.1 Å². The van der Waals surface area contributed by atoms with Crippen LogP contribution in [0.5, 0.6) is 0 Å². The summed E-state index contributed by atoms with van der Waals surface area (Å²) in [4.78, 5) is 32.6. The first-order valence-corrected chi connectivity index (χ1v) is 10.9. The normalized spacial score (nSPS) is 23.9. The van der Waals surface area contributed by atoms with Crippen molar-refractivity contribution in [3.05, 3.63) is 73.4 Å². The number of pyridine rings is 1. The standard InChI is InChI=1S/C23H25ClN4O2/c1-14-3-5-15(6-4-14)13-27-17-7-8-18(27)11-19(10-17)28-21-20(9-16(24)12-25-21)26(2)22(29)23(28)30/h3-6,9,12,17-19H,7-8,10-11,13H2,1-2H3/t17-,18+,19+. The highest BCUT2D eigenvalue weighted by Gasteiger charge is 2.42. The highest BCUT2D eigenvalue weighted by atomic mass is 35.5. The predicted molar refractivity (Wildman–Crippen MR) is 118 cm³/mol. The quantitative estimate of drug-likeness (QED) is 0.604. The SMILES string of the molecule is Cc1ccc(CN2[C@@H]3CC[C@H]2C[C@@H](n2c(=O)c(=O)n(C)c4cc(Cl)cnc42)C3)cc1. The molecular weight excluding hydrogens is 400 g/mol. The van der Waals surface area contributed by atoms with E-state index in [2.05, 4.69) is 41.1 Å². The van der Waals surface area contributed by atoms with Crippen molar-refractivity contribution >= 4 is 22.8 Å². The molecule has 6 nitrogen and oxygen atoms in total. The lowest BCUT2D eigenvalue weighted by Crippen LogP contribution is -2.48. The highest BCUT2D eigenvalue weighted by molar-refractivity contribution is 6.31. The highest BCUT2D eigenvalue weighted by Crippen LogP contribution is 2.41. The minimum atomic E-state index is -0.527. The van der Waals surface area contributed by atoms with E-state index >= 15 is 0 Å². The number of aromatic nitrogens is 3. The molecule has 0 unspecified atom stereocenters. The maximum Gasteiger partial charge on any atom is 0.318 e. The second-order valence-electron chi connectivity index (χ2n) is 8.70. The monoisotopic (exact) mass is 424 g/mol. The van der Waals surface area contributed by atoms with Gasteiger partial charge in [-0.1, -0.05) is 41.4 Å². The molecule has 0 saturated carbocycles. The van der Waals surface area contributed by atoms with Gasteiger partial charge >= 0.3 is 11.1 Å². The molecule has 2 bridgehead atoms. The number of nitrogens with zero attached hydrogens (tertiary/aromatic N) is 4. The minimum absolute atomic E-state index is 0.0191. The molecule has 2 aliphatic heterocycles. The van der Waals surface area contributed by atoms with Crippen LogP contribution in [0.4, 0.5) is 0 Å². The molecule has 156 valence electrons. The van der Waals surface area contributed by atoms with E-state index in [1.165, 1.54) is 15.7 Å². The van der Waals surface area contributed by atoms with Crippen molar-refractivity contribution in [3.63, 3.8) is 0 Å². The minimum Gasteiger partial charge on any atom is -0.304 e. The number of piperidine rings is 1. The van der Waals surface area contributed by atoms with Gasteiger partial charge in [0.15, 0.2) is 5.65 Å². The van der Waals surface area contributed by atoms with Crippen molar-refractivity contribution in [1.29, 1.82) is 0 Å². The van der Waals surface area contributed by atoms with E-state index in [0.717, 1.165) is 32.2 Å². The Kier molecular flexibility index (Phi) is 4.79. The van der Waals surface area contributed by atoms with E-state index in [1.807, 2.05) is 0 Å². The van der Waals surface area contributed by atoms with Gasteiger partial charge in [0.25, 0.3) is 0 Å². The molecule has 2 fully saturated rings. The van der Waals surface area contributed by atoms with Crippen molar-refractivity contribution in [1.82, 2.24) is 19.0 Å². The molecule has 3 atom stereocenters. The number of hydrogen-bond donors (Lipinski definition) is 0. The topological polar surface area (TPSA) is 60.1 Å². The van der Waals surface area contributed by atoms with Crippen molar-refractivity contribution in [2.24, 2.45) is 7.05 Å². The van der Waals surface area contributed by atoms with E-state index in [1.54, 1.807) is 23.9 Å². The Hall–Kier alpha value is -2.44.